The fraction of sp³-hybridized carbons (Fsp3) is 0.379. The highest BCUT2D eigenvalue weighted by Gasteiger charge is 2.55. The van der Waals surface area contributed by atoms with Crippen LogP contribution in [0.3, 0.4) is 0 Å². The number of amides is 2. The number of hydrogen-bond acceptors (Lipinski definition) is 5. The van der Waals surface area contributed by atoms with Crippen molar-refractivity contribution in [2.75, 3.05) is 37.7 Å². The van der Waals surface area contributed by atoms with Gasteiger partial charge in [-0.15, -0.1) is 0 Å². The summed E-state index contributed by atoms with van der Waals surface area (Å²) in [7, 11) is -3.72. The average Bonchev–Trinajstić information content (AvgIpc) is 3.18. The highest BCUT2D eigenvalue weighted by Crippen LogP contribution is 2.40. The number of anilines is 1. The second kappa shape index (κ2) is 10.4. The van der Waals surface area contributed by atoms with Crippen molar-refractivity contribution in [1.29, 1.82) is 0 Å². The number of carbonyl (C=O) groups is 2. The molecular formula is C29H34N4O4S. The van der Waals surface area contributed by atoms with Gasteiger partial charge in [0.1, 0.15) is 12.1 Å². The van der Waals surface area contributed by atoms with Crippen molar-refractivity contribution >= 4 is 38.3 Å². The molecule has 0 radical (unpaired) electrons. The number of para-hydroxylation sites is 1. The van der Waals surface area contributed by atoms with Crippen molar-refractivity contribution in [2.24, 2.45) is 5.92 Å². The summed E-state index contributed by atoms with van der Waals surface area (Å²) >= 11 is 0. The summed E-state index contributed by atoms with van der Waals surface area (Å²) in [6.45, 7) is 5.30. The number of rotatable bonds is 7. The monoisotopic (exact) mass is 534 g/mol. The summed E-state index contributed by atoms with van der Waals surface area (Å²) in [6, 6.07) is 22.5. The van der Waals surface area contributed by atoms with E-state index in [0.717, 1.165) is 16.5 Å². The van der Waals surface area contributed by atoms with Gasteiger partial charge in [-0.25, -0.2) is 8.42 Å². The van der Waals surface area contributed by atoms with E-state index in [-0.39, 0.29) is 43.0 Å². The molecule has 2 amide bonds. The lowest BCUT2D eigenvalue weighted by Crippen LogP contribution is -2.57. The largest absolute Gasteiger partial charge is 0.354 e. The molecule has 3 aromatic carbocycles. The van der Waals surface area contributed by atoms with Gasteiger partial charge in [-0.3, -0.25) is 9.59 Å². The van der Waals surface area contributed by atoms with Crippen molar-refractivity contribution in [2.45, 2.75) is 37.1 Å². The zero-order chi connectivity index (χ0) is 26.9. The van der Waals surface area contributed by atoms with E-state index in [1.165, 1.54) is 4.31 Å². The summed E-state index contributed by atoms with van der Waals surface area (Å²) in [5, 5.41) is 4.75. The number of nitrogens with zero attached hydrogens (tertiary/aromatic N) is 3. The van der Waals surface area contributed by atoms with E-state index in [9.17, 15) is 18.0 Å². The van der Waals surface area contributed by atoms with Crippen LogP contribution >= 0.6 is 0 Å². The van der Waals surface area contributed by atoms with Gasteiger partial charge in [0.05, 0.1) is 11.6 Å². The third-order valence-electron chi connectivity index (χ3n) is 7.53. The average molecular weight is 535 g/mol. The first kappa shape index (κ1) is 26.2. The number of benzene rings is 3. The predicted molar refractivity (Wildman–Crippen MR) is 148 cm³/mol. The zero-order valence-electron chi connectivity index (χ0n) is 21.8. The lowest BCUT2D eigenvalue weighted by Gasteiger charge is -2.42. The molecule has 1 N–H and O–H groups in total. The first-order valence-corrected chi connectivity index (χ1v) is 14.5. The molecule has 0 atom stereocenters. The summed E-state index contributed by atoms with van der Waals surface area (Å²) in [5.41, 5.74) is -0.00786. The molecule has 0 unspecified atom stereocenters. The van der Waals surface area contributed by atoms with Gasteiger partial charge < -0.3 is 15.1 Å². The molecule has 200 valence electrons. The molecule has 2 aliphatic heterocycles. The molecule has 9 heteroatoms. The Morgan fingerprint density at radius 2 is 1.61 bits per heavy atom. The van der Waals surface area contributed by atoms with Crippen molar-refractivity contribution in [3.8, 4) is 0 Å². The number of hydrogen-bond donors (Lipinski definition) is 1. The molecule has 0 bridgehead atoms. The molecule has 38 heavy (non-hydrogen) atoms. The maximum Gasteiger partial charge on any atom is 0.250 e. The highest BCUT2D eigenvalue weighted by atomic mass is 32.2. The normalized spacial score (nSPS) is 18.0. The molecule has 0 saturated carbocycles. The van der Waals surface area contributed by atoms with Gasteiger partial charge in [-0.2, -0.15) is 4.31 Å². The molecule has 8 nitrogen and oxygen atoms in total. The van der Waals surface area contributed by atoms with Crippen LogP contribution in [0, 0.1) is 5.92 Å². The summed E-state index contributed by atoms with van der Waals surface area (Å²) in [6.07, 6.45) is 0.690. The van der Waals surface area contributed by atoms with Crippen LogP contribution in [0.2, 0.25) is 0 Å². The Hall–Kier alpha value is -3.43. The van der Waals surface area contributed by atoms with Gasteiger partial charge in [-0.1, -0.05) is 62.4 Å². The minimum absolute atomic E-state index is 0.0181. The summed E-state index contributed by atoms with van der Waals surface area (Å²) in [5.74, 6) is 0.00602. The van der Waals surface area contributed by atoms with Crippen LogP contribution in [0.5, 0.6) is 0 Å². The van der Waals surface area contributed by atoms with Gasteiger partial charge in [-0.05, 0) is 53.8 Å². The van der Waals surface area contributed by atoms with Gasteiger partial charge in [0.25, 0.3) is 0 Å². The smallest absolute Gasteiger partial charge is 0.250 e. The van der Waals surface area contributed by atoms with E-state index in [4.69, 9.17) is 0 Å². The predicted octanol–water partition coefficient (Wildman–Crippen LogP) is 3.44. The minimum atomic E-state index is -3.72. The lowest BCUT2D eigenvalue weighted by atomic mass is 9.86. The molecular weight excluding hydrogens is 500 g/mol. The zero-order valence-corrected chi connectivity index (χ0v) is 22.7. The van der Waals surface area contributed by atoms with Crippen molar-refractivity contribution in [3.05, 3.63) is 72.8 Å². The summed E-state index contributed by atoms with van der Waals surface area (Å²) in [4.78, 5) is 30.3. The topological polar surface area (TPSA) is 90.0 Å². The van der Waals surface area contributed by atoms with Crippen molar-refractivity contribution < 1.29 is 18.0 Å². The van der Waals surface area contributed by atoms with Gasteiger partial charge in [0.15, 0.2) is 0 Å². The van der Waals surface area contributed by atoms with Crippen LogP contribution < -0.4 is 10.2 Å². The Morgan fingerprint density at radius 1 is 0.947 bits per heavy atom. The first-order chi connectivity index (χ1) is 18.2. The number of piperidine rings is 1. The number of fused-ring (bicyclic) bond motifs is 1. The first-order valence-electron chi connectivity index (χ1n) is 13.1. The SMILES string of the molecule is CC(C)CNC(=O)CN1CN(c2ccccc2)C2(CCN(S(=O)(=O)c3ccc4ccccc4c3)CC2)C1=O. The van der Waals surface area contributed by atoms with Crippen LogP contribution in [-0.4, -0.2) is 67.8 Å². The van der Waals surface area contributed by atoms with Crippen molar-refractivity contribution in [1.82, 2.24) is 14.5 Å². The highest BCUT2D eigenvalue weighted by molar-refractivity contribution is 7.89. The Morgan fingerprint density at radius 3 is 2.29 bits per heavy atom. The Kier molecular flexibility index (Phi) is 7.15. The van der Waals surface area contributed by atoms with Gasteiger partial charge in [0.2, 0.25) is 21.8 Å². The second-order valence-corrected chi connectivity index (χ2v) is 12.5. The van der Waals surface area contributed by atoms with Crippen molar-refractivity contribution in [3.63, 3.8) is 0 Å². The van der Waals surface area contributed by atoms with Crippen LogP contribution in [-0.2, 0) is 19.6 Å². The second-order valence-electron chi connectivity index (χ2n) is 10.6. The number of sulfonamides is 1. The molecule has 1 spiro atoms. The standard InChI is InChI=1S/C29H34N4O4S/c1-22(2)19-30-27(34)20-31-21-33(25-10-4-3-5-11-25)29(28(31)35)14-16-32(17-15-29)38(36,37)26-13-12-23-8-6-7-9-24(23)18-26/h3-13,18,22H,14-17,19-21H2,1-2H3,(H,30,34). The Balaban J connectivity index is 1.38. The molecule has 0 aliphatic carbocycles. The molecule has 2 fully saturated rings. The van der Waals surface area contributed by atoms with Crippen LogP contribution in [0.15, 0.2) is 77.7 Å². The molecule has 5 rings (SSSR count). The number of carbonyl (C=O) groups excluding carboxylic acids is 2. The van der Waals surface area contributed by atoms with Gasteiger partial charge in [0, 0.05) is 25.3 Å². The third kappa shape index (κ3) is 4.88. The fourth-order valence-corrected chi connectivity index (χ4v) is 6.92. The summed E-state index contributed by atoms with van der Waals surface area (Å²) < 4.78 is 28.6. The van der Waals surface area contributed by atoms with E-state index in [1.54, 1.807) is 17.0 Å². The maximum atomic E-state index is 13.8. The molecule has 2 aliphatic rings. The van der Waals surface area contributed by atoms with Crippen LogP contribution in [0.25, 0.3) is 10.8 Å². The quantitative estimate of drug-likeness (QED) is 0.502. The van der Waals surface area contributed by atoms with E-state index < -0.39 is 15.6 Å². The van der Waals surface area contributed by atoms with E-state index in [2.05, 4.69) is 5.32 Å². The lowest BCUT2D eigenvalue weighted by molar-refractivity contribution is -0.137. The molecule has 2 saturated heterocycles. The molecule has 0 aromatic heterocycles. The number of nitrogens with one attached hydrogen (secondary N) is 1. The van der Waals surface area contributed by atoms with Gasteiger partial charge >= 0.3 is 0 Å². The Labute approximate surface area is 224 Å². The van der Waals surface area contributed by atoms with E-state index in [1.807, 2.05) is 79.4 Å². The van der Waals surface area contributed by atoms with Crippen LogP contribution in [0.1, 0.15) is 26.7 Å². The molecule has 3 aromatic rings. The minimum Gasteiger partial charge on any atom is -0.354 e. The van der Waals surface area contributed by atoms with E-state index in [0.29, 0.717) is 25.3 Å². The van der Waals surface area contributed by atoms with Crippen LogP contribution in [0.4, 0.5) is 5.69 Å². The molecule has 2 heterocycles. The third-order valence-corrected chi connectivity index (χ3v) is 9.43. The maximum absolute atomic E-state index is 13.8. The van der Waals surface area contributed by atoms with E-state index >= 15 is 0 Å². The Bertz CT molecular complexity index is 1430. The fourth-order valence-electron chi connectivity index (χ4n) is 5.44.